The first-order chi connectivity index (χ1) is 12.7. The van der Waals surface area contributed by atoms with Gasteiger partial charge in [-0.25, -0.2) is 0 Å². The number of aliphatic imine (C=N–C) groups is 1. The van der Waals surface area contributed by atoms with Gasteiger partial charge in [0.05, 0.1) is 14.2 Å². The molecule has 0 amide bonds. The maximum atomic E-state index is 5.44. The SMILES string of the molecule is CCCCCNC(=NC)NCCN1CCc2cc(OC)c(OC)cc2C1.I. The van der Waals surface area contributed by atoms with Crippen molar-refractivity contribution >= 4 is 29.9 Å². The van der Waals surface area contributed by atoms with Crippen LogP contribution in [0.4, 0.5) is 0 Å². The highest BCUT2D eigenvalue weighted by molar-refractivity contribution is 14.0. The Morgan fingerprint density at radius 1 is 1.07 bits per heavy atom. The van der Waals surface area contributed by atoms with Gasteiger partial charge in [0.25, 0.3) is 0 Å². The molecular formula is C20H35IN4O2. The first kappa shape index (κ1) is 23.8. The number of unbranched alkanes of at least 4 members (excludes halogenated alkanes) is 2. The average molecular weight is 490 g/mol. The third kappa shape index (κ3) is 7.37. The van der Waals surface area contributed by atoms with E-state index >= 15 is 0 Å². The Kier molecular flexibility index (Phi) is 11.5. The van der Waals surface area contributed by atoms with Gasteiger partial charge in [-0.2, -0.15) is 0 Å². The third-order valence-electron chi connectivity index (χ3n) is 4.81. The number of nitrogens with one attached hydrogen (secondary N) is 2. The molecule has 2 rings (SSSR count). The molecule has 2 N–H and O–H groups in total. The second-order valence-corrected chi connectivity index (χ2v) is 6.63. The first-order valence-corrected chi connectivity index (χ1v) is 9.62. The monoisotopic (exact) mass is 490 g/mol. The second kappa shape index (κ2) is 13.0. The van der Waals surface area contributed by atoms with Gasteiger partial charge in [-0.1, -0.05) is 19.8 Å². The van der Waals surface area contributed by atoms with Gasteiger partial charge >= 0.3 is 0 Å². The fraction of sp³-hybridized carbons (Fsp3) is 0.650. The summed E-state index contributed by atoms with van der Waals surface area (Å²) in [6.45, 7) is 7.08. The van der Waals surface area contributed by atoms with Crippen molar-refractivity contribution in [1.29, 1.82) is 0 Å². The lowest BCUT2D eigenvalue weighted by Gasteiger charge is -2.29. The fourth-order valence-electron chi connectivity index (χ4n) is 3.27. The molecule has 1 heterocycles. The molecule has 27 heavy (non-hydrogen) atoms. The summed E-state index contributed by atoms with van der Waals surface area (Å²) < 4.78 is 10.9. The number of rotatable bonds is 9. The lowest BCUT2D eigenvalue weighted by atomic mass is 9.99. The second-order valence-electron chi connectivity index (χ2n) is 6.63. The molecule has 0 saturated carbocycles. The van der Waals surface area contributed by atoms with Gasteiger partial charge in [-0.3, -0.25) is 9.89 Å². The van der Waals surface area contributed by atoms with Crippen molar-refractivity contribution in [3.63, 3.8) is 0 Å². The van der Waals surface area contributed by atoms with E-state index in [0.717, 1.165) is 56.6 Å². The molecule has 0 aliphatic carbocycles. The van der Waals surface area contributed by atoms with Crippen LogP contribution in [0.3, 0.4) is 0 Å². The Morgan fingerprint density at radius 2 is 1.74 bits per heavy atom. The Hall–Kier alpha value is -1.22. The Bertz CT molecular complexity index is 596. The Balaban J connectivity index is 0.00000364. The maximum Gasteiger partial charge on any atom is 0.191 e. The predicted molar refractivity (Wildman–Crippen MR) is 123 cm³/mol. The molecule has 0 atom stereocenters. The van der Waals surface area contributed by atoms with E-state index in [1.54, 1.807) is 14.2 Å². The van der Waals surface area contributed by atoms with E-state index in [1.165, 1.54) is 30.4 Å². The molecule has 1 aromatic carbocycles. The van der Waals surface area contributed by atoms with Crippen LogP contribution in [0.5, 0.6) is 11.5 Å². The third-order valence-corrected chi connectivity index (χ3v) is 4.81. The van der Waals surface area contributed by atoms with Gasteiger partial charge in [0.1, 0.15) is 0 Å². The fourth-order valence-corrected chi connectivity index (χ4v) is 3.27. The standard InChI is InChI=1S/C20H34N4O2.HI/c1-5-6-7-9-22-20(21-2)23-10-12-24-11-8-16-13-18(25-3)19(26-4)14-17(16)15-24;/h13-14H,5-12,15H2,1-4H3,(H2,21,22,23);1H. The van der Waals surface area contributed by atoms with Crippen LogP contribution in [-0.2, 0) is 13.0 Å². The van der Waals surface area contributed by atoms with Crippen LogP contribution in [0.25, 0.3) is 0 Å². The van der Waals surface area contributed by atoms with Crippen LogP contribution < -0.4 is 20.1 Å². The zero-order valence-electron chi connectivity index (χ0n) is 17.1. The van der Waals surface area contributed by atoms with E-state index in [4.69, 9.17) is 9.47 Å². The predicted octanol–water partition coefficient (Wildman–Crippen LogP) is 3.04. The highest BCUT2D eigenvalue weighted by Gasteiger charge is 2.19. The number of methoxy groups -OCH3 is 2. The van der Waals surface area contributed by atoms with E-state index < -0.39 is 0 Å². The Labute approximate surface area is 181 Å². The number of fused-ring (bicyclic) bond motifs is 1. The van der Waals surface area contributed by atoms with Gasteiger partial charge < -0.3 is 20.1 Å². The van der Waals surface area contributed by atoms with Crippen LogP contribution in [0.2, 0.25) is 0 Å². The highest BCUT2D eigenvalue weighted by atomic mass is 127. The largest absolute Gasteiger partial charge is 0.493 e. The van der Waals surface area contributed by atoms with Crippen LogP contribution >= 0.6 is 24.0 Å². The summed E-state index contributed by atoms with van der Waals surface area (Å²) in [7, 11) is 5.20. The van der Waals surface area contributed by atoms with Gasteiger partial charge in [-0.15, -0.1) is 24.0 Å². The Morgan fingerprint density at radius 3 is 2.37 bits per heavy atom. The molecular weight excluding hydrogens is 455 g/mol. The summed E-state index contributed by atoms with van der Waals surface area (Å²) >= 11 is 0. The van der Waals surface area contributed by atoms with Crippen LogP contribution in [0.1, 0.15) is 37.3 Å². The summed E-state index contributed by atoms with van der Waals surface area (Å²) in [5.74, 6) is 2.52. The topological polar surface area (TPSA) is 58.1 Å². The number of ether oxygens (including phenoxy) is 2. The lowest BCUT2D eigenvalue weighted by molar-refractivity contribution is 0.256. The molecule has 1 aliphatic heterocycles. The number of halogens is 1. The van der Waals surface area contributed by atoms with Crippen molar-refractivity contribution < 1.29 is 9.47 Å². The average Bonchev–Trinajstić information content (AvgIpc) is 2.68. The molecule has 1 aromatic rings. The summed E-state index contributed by atoms with van der Waals surface area (Å²) in [6, 6.07) is 4.23. The number of benzene rings is 1. The number of hydrogen-bond donors (Lipinski definition) is 2. The number of guanidine groups is 1. The number of nitrogens with zero attached hydrogens (tertiary/aromatic N) is 2. The van der Waals surface area contributed by atoms with Crippen LogP contribution in [0, 0.1) is 0 Å². The van der Waals surface area contributed by atoms with E-state index in [2.05, 4.69) is 39.6 Å². The molecule has 0 saturated heterocycles. The zero-order valence-corrected chi connectivity index (χ0v) is 19.5. The van der Waals surface area contributed by atoms with Crippen LogP contribution in [0.15, 0.2) is 17.1 Å². The van der Waals surface area contributed by atoms with Crippen molar-refractivity contribution in [1.82, 2.24) is 15.5 Å². The molecule has 1 aliphatic rings. The minimum atomic E-state index is 0. The summed E-state index contributed by atoms with van der Waals surface area (Å²) in [4.78, 5) is 6.76. The minimum Gasteiger partial charge on any atom is -0.493 e. The molecule has 0 fully saturated rings. The van der Waals surface area contributed by atoms with E-state index in [1.807, 2.05) is 7.05 Å². The summed E-state index contributed by atoms with van der Waals surface area (Å²) in [6.07, 6.45) is 4.72. The van der Waals surface area contributed by atoms with Crippen molar-refractivity contribution in [2.45, 2.75) is 39.2 Å². The van der Waals surface area contributed by atoms with Crippen LogP contribution in [-0.4, -0.2) is 58.3 Å². The van der Waals surface area contributed by atoms with E-state index in [9.17, 15) is 0 Å². The summed E-state index contributed by atoms with van der Waals surface area (Å²) in [5.41, 5.74) is 2.69. The van der Waals surface area contributed by atoms with Gasteiger partial charge in [-0.05, 0) is 36.1 Å². The summed E-state index contributed by atoms with van der Waals surface area (Å²) in [5, 5.41) is 6.79. The van der Waals surface area contributed by atoms with E-state index in [-0.39, 0.29) is 24.0 Å². The molecule has 0 unspecified atom stereocenters. The molecule has 0 radical (unpaired) electrons. The van der Waals surface area contributed by atoms with Crippen molar-refractivity contribution in [3.8, 4) is 11.5 Å². The normalized spacial score (nSPS) is 14.1. The number of hydrogen-bond acceptors (Lipinski definition) is 4. The molecule has 154 valence electrons. The van der Waals surface area contributed by atoms with Crippen molar-refractivity contribution in [3.05, 3.63) is 23.3 Å². The molecule has 7 heteroatoms. The molecule has 6 nitrogen and oxygen atoms in total. The zero-order chi connectivity index (χ0) is 18.8. The van der Waals surface area contributed by atoms with Gasteiger partial charge in [0.2, 0.25) is 0 Å². The van der Waals surface area contributed by atoms with Gasteiger partial charge in [0.15, 0.2) is 17.5 Å². The quantitative estimate of drug-likeness (QED) is 0.241. The van der Waals surface area contributed by atoms with Crippen molar-refractivity contribution in [2.24, 2.45) is 4.99 Å². The maximum absolute atomic E-state index is 5.44. The smallest absolute Gasteiger partial charge is 0.191 e. The first-order valence-electron chi connectivity index (χ1n) is 9.62. The minimum absolute atomic E-state index is 0. The van der Waals surface area contributed by atoms with Crippen molar-refractivity contribution in [2.75, 3.05) is 47.4 Å². The van der Waals surface area contributed by atoms with E-state index in [0.29, 0.717) is 0 Å². The lowest BCUT2D eigenvalue weighted by Crippen LogP contribution is -2.42. The highest BCUT2D eigenvalue weighted by Crippen LogP contribution is 2.33. The van der Waals surface area contributed by atoms with Gasteiger partial charge in [0, 0.05) is 39.8 Å². The molecule has 0 spiro atoms. The molecule has 0 bridgehead atoms. The molecule has 0 aromatic heterocycles.